The number of ether oxygens (including phenoxy) is 1. The highest BCUT2D eigenvalue weighted by molar-refractivity contribution is 5.83. The molecule has 1 aromatic rings. The Kier molecular flexibility index (Phi) is 6.02. The molecule has 2 unspecified atom stereocenters. The number of benzene rings is 1. The van der Waals surface area contributed by atoms with Gasteiger partial charge in [0, 0.05) is 12.6 Å². The van der Waals surface area contributed by atoms with Crippen molar-refractivity contribution >= 4 is 11.9 Å². The highest BCUT2D eigenvalue weighted by atomic mass is 16.5. The maximum Gasteiger partial charge on any atom is 0.305 e. The van der Waals surface area contributed by atoms with Gasteiger partial charge in [-0.3, -0.25) is 9.59 Å². The van der Waals surface area contributed by atoms with Gasteiger partial charge in [-0.05, 0) is 19.4 Å². The number of carboxylic acids is 1. The lowest BCUT2D eigenvalue weighted by atomic mass is 10.1. The minimum atomic E-state index is -0.944. The third-order valence-corrected chi connectivity index (χ3v) is 2.54. The molecule has 1 amide bonds. The Bertz CT molecular complexity index is 419. The van der Waals surface area contributed by atoms with Gasteiger partial charge in [0.15, 0.2) is 6.10 Å². The van der Waals surface area contributed by atoms with Gasteiger partial charge in [-0.1, -0.05) is 30.3 Å². The fourth-order valence-electron chi connectivity index (χ4n) is 1.75. The molecule has 104 valence electrons. The van der Waals surface area contributed by atoms with E-state index in [9.17, 15) is 9.59 Å². The molecule has 0 bridgehead atoms. The minimum absolute atomic E-state index is 0.112. The van der Waals surface area contributed by atoms with Crippen LogP contribution in [0.2, 0.25) is 0 Å². The molecule has 0 aliphatic rings. The van der Waals surface area contributed by atoms with E-state index in [0.29, 0.717) is 6.61 Å². The molecule has 0 heterocycles. The van der Waals surface area contributed by atoms with E-state index in [4.69, 9.17) is 9.84 Å². The van der Waals surface area contributed by atoms with Gasteiger partial charge in [-0.2, -0.15) is 0 Å². The van der Waals surface area contributed by atoms with Crippen molar-refractivity contribution < 1.29 is 19.4 Å². The van der Waals surface area contributed by atoms with Gasteiger partial charge in [0.05, 0.1) is 6.42 Å². The molecule has 0 aromatic heterocycles. The van der Waals surface area contributed by atoms with E-state index in [2.05, 4.69) is 5.32 Å². The zero-order valence-electron chi connectivity index (χ0n) is 11.1. The summed E-state index contributed by atoms with van der Waals surface area (Å²) in [6.07, 6.45) is -0.818. The van der Waals surface area contributed by atoms with Crippen molar-refractivity contribution in [2.24, 2.45) is 0 Å². The van der Waals surface area contributed by atoms with Gasteiger partial charge >= 0.3 is 5.97 Å². The van der Waals surface area contributed by atoms with Gasteiger partial charge in [0.25, 0.3) is 5.91 Å². The summed E-state index contributed by atoms with van der Waals surface area (Å²) >= 11 is 0. The van der Waals surface area contributed by atoms with Crippen molar-refractivity contribution in [2.45, 2.75) is 32.4 Å². The standard InChI is InChI=1S/C14H19NO4/c1-3-19-13(11-7-5-4-6-8-11)14(18)15-10(2)9-12(16)17/h4-8,10,13H,3,9H2,1-2H3,(H,15,18)(H,16,17). The van der Waals surface area contributed by atoms with Crippen LogP contribution < -0.4 is 5.32 Å². The predicted molar refractivity (Wildman–Crippen MR) is 70.7 cm³/mol. The second-order valence-corrected chi connectivity index (χ2v) is 4.25. The topological polar surface area (TPSA) is 75.6 Å². The first-order valence-corrected chi connectivity index (χ1v) is 6.23. The average molecular weight is 265 g/mol. The number of rotatable bonds is 7. The molecule has 0 spiro atoms. The monoisotopic (exact) mass is 265 g/mol. The molecule has 19 heavy (non-hydrogen) atoms. The second-order valence-electron chi connectivity index (χ2n) is 4.25. The number of carbonyl (C=O) groups is 2. The molecule has 0 radical (unpaired) electrons. The first-order chi connectivity index (χ1) is 9.04. The smallest absolute Gasteiger partial charge is 0.305 e. The van der Waals surface area contributed by atoms with E-state index in [1.54, 1.807) is 6.92 Å². The van der Waals surface area contributed by atoms with Gasteiger partial charge in [-0.25, -0.2) is 0 Å². The summed E-state index contributed by atoms with van der Waals surface area (Å²) < 4.78 is 5.44. The molecule has 0 saturated carbocycles. The lowest BCUT2D eigenvalue weighted by Gasteiger charge is -2.19. The van der Waals surface area contributed by atoms with Crippen LogP contribution in [0.5, 0.6) is 0 Å². The van der Waals surface area contributed by atoms with E-state index < -0.39 is 18.1 Å². The molecule has 1 rings (SSSR count). The van der Waals surface area contributed by atoms with Crippen LogP contribution >= 0.6 is 0 Å². The Labute approximate surface area is 112 Å². The number of amides is 1. The van der Waals surface area contributed by atoms with Gasteiger partial charge in [0.1, 0.15) is 0 Å². The summed E-state index contributed by atoms with van der Waals surface area (Å²) in [5, 5.41) is 11.3. The summed E-state index contributed by atoms with van der Waals surface area (Å²) in [5.41, 5.74) is 0.754. The van der Waals surface area contributed by atoms with Gasteiger partial charge < -0.3 is 15.2 Å². The van der Waals surface area contributed by atoms with E-state index in [0.717, 1.165) is 5.56 Å². The SMILES string of the molecule is CCOC(C(=O)NC(C)CC(=O)O)c1ccccc1. The minimum Gasteiger partial charge on any atom is -0.481 e. The molecule has 0 aliphatic carbocycles. The molecule has 1 aromatic carbocycles. The average Bonchev–Trinajstić information content (AvgIpc) is 2.35. The number of carboxylic acid groups (broad SMARTS) is 1. The highest BCUT2D eigenvalue weighted by Crippen LogP contribution is 2.17. The van der Waals surface area contributed by atoms with E-state index in [1.807, 2.05) is 37.3 Å². The zero-order chi connectivity index (χ0) is 14.3. The summed E-state index contributed by atoms with van der Waals surface area (Å²) in [6, 6.07) is 8.70. The highest BCUT2D eigenvalue weighted by Gasteiger charge is 2.22. The Balaban J connectivity index is 2.71. The fraction of sp³-hybridized carbons (Fsp3) is 0.429. The summed E-state index contributed by atoms with van der Waals surface area (Å²) in [7, 11) is 0. The van der Waals surface area contributed by atoms with Gasteiger partial charge in [-0.15, -0.1) is 0 Å². The van der Waals surface area contributed by atoms with Crippen molar-refractivity contribution in [3.05, 3.63) is 35.9 Å². The maximum atomic E-state index is 12.1. The predicted octanol–water partition coefficient (Wildman–Crippen LogP) is 1.74. The Morgan fingerprint density at radius 3 is 2.47 bits per heavy atom. The lowest BCUT2D eigenvalue weighted by molar-refractivity contribution is -0.138. The number of carbonyl (C=O) groups excluding carboxylic acids is 1. The molecule has 2 atom stereocenters. The van der Waals surface area contributed by atoms with E-state index in [1.165, 1.54) is 0 Å². The molecule has 0 fully saturated rings. The van der Waals surface area contributed by atoms with Crippen molar-refractivity contribution in [1.29, 1.82) is 0 Å². The van der Waals surface area contributed by atoms with Crippen LogP contribution in [0.1, 0.15) is 31.9 Å². The first kappa shape index (κ1) is 15.2. The van der Waals surface area contributed by atoms with Crippen LogP contribution in [-0.4, -0.2) is 29.6 Å². The normalized spacial score (nSPS) is 13.6. The summed E-state index contributed by atoms with van der Waals surface area (Å²) in [6.45, 7) is 3.87. The Hall–Kier alpha value is -1.88. The van der Waals surface area contributed by atoms with E-state index in [-0.39, 0.29) is 12.3 Å². The maximum absolute atomic E-state index is 12.1. The molecular formula is C14H19NO4. The number of aliphatic carboxylic acids is 1. The first-order valence-electron chi connectivity index (χ1n) is 6.23. The lowest BCUT2D eigenvalue weighted by Crippen LogP contribution is -2.38. The van der Waals surface area contributed by atoms with Crippen LogP contribution in [0.25, 0.3) is 0 Å². The molecule has 0 saturated heterocycles. The Morgan fingerprint density at radius 1 is 1.32 bits per heavy atom. The number of nitrogens with one attached hydrogen (secondary N) is 1. The number of hydrogen-bond acceptors (Lipinski definition) is 3. The molecular weight excluding hydrogens is 246 g/mol. The van der Waals surface area contributed by atoms with Crippen LogP contribution in [0, 0.1) is 0 Å². The quantitative estimate of drug-likeness (QED) is 0.787. The van der Waals surface area contributed by atoms with Crippen molar-refractivity contribution in [2.75, 3.05) is 6.61 Å². The summed E-state index contributed by atoms with van der Waals surface area (Å²) in [5.74, 6) is -1.26. The number of hydrogen-bond donors (Lipinski definition) is 2. The van der Waals surface area contributed by atoms with Crippen molar-refractivity contribution in [3.63, 3.8) is 0 Å². The van der Waals surface area contributed by atoms with Crippen LogP contribution in [0.3, 0.4) is 0 Å². The van der Waals surface area contributed by atoms with Gasteiger partial charge in [0.2, 0.25) is 0 Å². The molecule has 0 aliphatic heterocycles. The van der Waals surface area contributed by atoms with E-state index >= 15 is 0 Å². The molecule has 2 N–H and O–H groups in total. The van der Waals surface area contributed by atoms with Crippen LogP contribution in [-0.2, 0) is 14.3 Å². The molecule has 5 heteroatoms. The summed E-state index contributed by atoms with van der Waals surface area (Å²) in [4.78, 5) is 22.7. The zero-order valence-corrected chi connectivity index (χ0v) is 11.1. The molecule has 5 nitrogen and oxygen atoms in total. The third kappa shape index (κ3) is 5.09. The van der Waals surface area contributed by atoms with Crippen molar-refractivity contribution in [3.8, 4) is 0 Å². The second kappa shape index (κ2) is 7.53. The van der Waals surface area contributed by atoms with Crippen molar-refractivity contribution in [1.82, 2.24) is 5.32 Å². The fourth-order valence-corrected chi connectivity index (χ4v) is 1.75. The van der Waals surface area contributed by atoms with Crippen LogP contribution in [0.4, 0.5) is 0 Å². The largest absolute Gasteiger partial charge is 0.481 e. The third-order valence-electron chi connectivity index (χ3n) is 2.54. The Morgan fingerprint density at radius 2 is 1.95 bits per heavy atom. The van der Waals surface area contributed by atoms with Crippen LogP contribution in [0.15, 0.2) is 30.3 Å².